The van der Waals surface area contributed by atoms with Crippen molar-refractivity contribution in [3.05, 3.63) is 77.9 Å². The van der Waals surface area contributed by atoms with Crippen LogP contribution in [0.3, 0.4) is 0 Å². The van der Waals surface area contributed by atoms with Gasteiger partial charge < -0.3 is 0 Å². The zero-order valence-corrected chi connectivity index (χ0v) is 12.2. The first kappa shape index (κ1) is 12.6. The van der Waals surface area contributed by atoms with Crippen LogP contribution in [-0.2, 0) is 15.7 Å². The van der Waals surface area contributed by atoms with Crippen LogP contribution < -0.4 is 0 Å². The van der Waals surface area contributed by atoms with Crippen LogP contribution in [0.2, 0.25) is 0 Å². The highest BCUT2D eigenvalue weighted by Gasteiger charge is 2.40. The van der Waals surface area contributed by atoms with Crippen molar-refractivity contribution in [2.45, 2.75) is 11.3 Å². The Morgan fingerprint density at radius 2 is 1.62 bits per heavy atom. The Bertz CT molecular complexity index is 839. The highest BCUT2D eigenvalue weighted by atomic mass is 35.5. The van der Waals surface area contributed by atoms with Gasteiger partial charge in [-0.15, -0.1) is 0 Å². The molecule has 102 valence electrons. The van der Waals surface area contributed by atoms with Crippen molar-refractivity contribution < 1.29 is 4.42 Å². The third-order valence-corrected chi connectivity index (χ3v) is 4.50. The summed E-state index contributed by atoms with van der Waals surface area (Å²) >= 11 is 6.85. The summed E-state index contributed by atoms with van der Waals surface area (Å²) in [6, 6.07) is 22.6. The van der Waals surface area contributed by atoms with Crippen LogP contribution in [0.1, 0.15) is 11.1 Å². The van der Waals surface area contributed by atoms with Crippen LogP contribution in [-0.4, -0.2) is 6.29 Å². The van der Waals surface area contributed by atoms with E-state index >= 15 is 0 Å². The summed E-state index contributed by atoms with van der Waals surface area (Å²) in [5.74, 6) is 0.904. The van der Waals surface area contributed by atoms with Gasteiger partial charge in [-0.25, -0.2) is 4.42 Å². The molecule has 0 saturated heterocycles. The van der Waals surface area contributed by atoms with Gasteiger partial charge in [-0.2, -0.15) is 0 Å². The molecular formula is C19H14ClO+. The molecule has 0 saturated carbocycles. The Hall–Kier alpha value is -2.12. The van der Waals surface area contributed by atoms with Gasteiger partial charge >= 0.3 is 12.0 Å². The molecule has 1 atom stereocenters. The van der Waals surface area contributed by atoms with Crippen molar-refractivity contribution in [2.24, 2.45) is 0 Å². The third kappa shape index (κ3) is 2.05. The molecule has 1 aliphatic heterocycles. The zero-order valence-electron chi connectivity index (χ0n) is 11.4. The standard InChI is InChI=1S/C19H14ClO/c20-19(15-7-2-1-3-8-15)12-17-16-9-5-4-6-14(16)10-11-18(17)21-13-19/h1-11,13H,12H2/q+1. The van der Waals surface area contributed by atoms with Crippen molar-refractivity contribution >= 4 is 28.7 Å². The minimum atomic E-state index is -0.613. The van der Waals surface area contributed by atoms with Gasteiger partial charge in [0, 0.05) is 12.5 Å². The fourth-order valence-corrected chi connectivity index (χ4v) is 3.25. The lowest BCUT2D eigenvalue weighted by atomic mass is 9.88. The molecule has 0 N–H and O–H groups in total. The van der Waals surface area contributed by atoms with Crippen LogP contribution in [0.5, 0.6) is 5.75 Å². The molecular weight excluding hydrogens is 280 g/mol. The predicted octanol–water partition coefficient (Wildman–Crippen LogP) is 4.98. The highest BCUT2D eigenvalue weighted by Crippen LogP contribution is 2.40. The van der Waals surface area contributed by atoms with Crippen molar-refractivity contribution in [3.63, 3.8) is 0 Å². The summed E-state index contributed by atoms with van der Waals surface area (Å²) in [7, 11) is 0. The number of hydrogen-bond donors (Lipinski definition) is 0. The van der Waals surface area contributed by atoms with E-state index in [1.807, 2.05) is 36.4 Å². The SMILES string of the molecule is ClC1(c2ccccc2)C=[O+]c2ccc3ccccc3c2C1. The number of fused-ring (bicyclic) bond motifs is 3. The second kappa shape index (κ2) is 4.71. The average molecular weight is 294 g/mol. The number of rotatable bonds is 1. The first-order valence-electron chi connectivity index (χ1n) is 7.02. The van der Waals surface area contributed by atoms with Gasteiger partial charge in [0.2, 0.25) is 0 Å². The van der Waals surface area contributed by atoms with E-state index in [4.69, 9.17) is 16.0 Å². The van der Waals surface area contributed by atoms with Crippen LogP contribution in [0.25, 0.3) is 10.8 Å². The number of benzene rings is 3. The van der Waals surface area contributed by atoms with Crippen LogP contribution in [0.15, 0.2) is 66.7 Å². The van der Waals surface area contributed by atoms with Gasteiger partial charge in [-0.1, -0.05) is 66.2 Å². The van der Waals surface area contributed by atoms with Gasteiger partial charge in [0.15, 0.2) is 4.87 Å². The quantitative estimate of drug-likeness (QED) is 0.341. The lowest BCUT2D eigenvalue weighted by Gasteiger charge is -2.21. The number of carbonyl (C=O) groups excluding carboxylic acids is 1. The Morgan fingerprint density at radius 1 is 0.857 bits per heavy atom. The fraction of sp³-hybridized carbons (Fsp3) is 0.105. The van der Waals surface area contributed by atoms with Crippen molar-refractivity contribution in [3.8, 4) is 5.75 Å². The predicted molar refractivity (Wildman–Crippen MR) is 87.1 cm³/mol. The molecule has 21 heavy (non-hydrogen) atoms. The van der Waals surface area contributed by atoms with Gasteiger partial charge in [-0.05, 0) is 22.4 Å². The summed E-state index contributed by atoms with van der Waals surface area (Å²) < 4.78 is 5.84. The molecule has 3 aromatic rings. The minimum Gasteiger partial charge on any atom is -0.218 e. The molecule has 0 fully saturated rings. The normalized spacial score (nSPS) is 20.4. The Morgan fingerprint density at radius 3 is 2.48 bits per heavy atom. The Balaban J connectivity index is 1.90. The monoisotopic (exact) mass is 293 g/mol. The second-order valence-corrected chi connectivity index (χ2v) is 6.08. The molecule has 2 heteroatoms. The average Bonchev–Trinajstić information content (AvgIpc) is 2.55. The fourth-order valence-electron chi connectivity index (χ4n) is 2.95. The smallest absolute Gasteiger partial charge is 0.218 e. The van der Waals surface area contributed by atoms with Gasteiger partial charge in [0.05, 0.1) is 5.56 Å². The van der Waals surface area contributed by atoms with Crippen molar-refractivity contribution in [1.29, 1.82) is 0 Å². The molecule has 0 aromatic heterocycles. The summed E-state index contributed by atoms with van der Waals surface area (Å²) in [5, 5.41) is 2.43. The van der Waals surface area contributed by atoms with Crippen molar-refractivity contribution in [1.82, 2.24) is 0 Å². The molecule has 0 amide bonds. The Kier molecular flexibility index (Phi) is 2.83. The molecule has 0 radical (unpaired) electrons. The van der Waals surface area contributed by atoms with E-state index in [1.165, 1.54) is 16.3 Å². The van der Waals surface area contributed by atoms with E-state index in [1.54, 1.807) is 6.29 Å². The number of alkyl halides is 1. The van der Waals surface area contributed by atoms with Crippen molar-refractivity contribution in [2.75, 3.05) is 0 Å². The molecule has 1 aliphatic rings. The molecule has 0 bridgehead atoms. The third-order valence-electron chi connectivity index (χ3n) is 4.06. The summed E-state index contributed by atoms with van der Waals surface area (Å²) in [4.78, 5) is -0.613. The van der Waals surface area contributed by atoms with E-state index < -0.39 is 4.87 Å². The lowest BCUT2D eigenvalue weighted by Crippen LogP contribution is -2.27. The number of hydrogen-bond acceptors (Lipinski definition) is 0. The number of halogens is 1. The summed E-state index contributed by atoms with van der Waals surface area (Å²) in [6.07, 6.45) is 2.48. The largest absolute Gasteiger partial charge is 0.356 e. The van der Waals surface area contributed by atoms with Crippen LogP contribution in [0, 0.1) is 0 Å². The maximum Gasteiger partial charge on any atom is 0.356 e. The lowest BCUT2D eigenvalue weighted by molar-refractivity contribution is -0.366. The van der Waals surface area contributed by atoms with Gasteiger partial charge in [0.25, 0.3) is 0 Å². The van der Waals surface area contributed by atoms with Crippen LogP contribution >= 0.6 is 11.6 Å². The molecule has 1 heterocycles. The summed E-state index contributed by atoms with van der Waals surface area (Å²) in [6.45, 7) is 0. The molecule has 4 rings (SSSR count). The molecule has 0 aliphatic carbocycles. The first-order valence-corrected chi connectivity index (χ1v) is 7.40. The molecule has 1 nitrogen and oxygen atoms in total. The van der Waals surface area contributed by atoms with E-state index in [0.717, 1.165) is 17.7 Å². The summed E-state index contributed by atoms with van der Waals surface area (Å²) in [5.41, 5.74) is 2.24. The van der Waals surface area contributed by atoms with E-state index in [9.17, 15) is 0 Å². The minimum absolute atomic E-state index is 0.613. The van der Waals surface area contributed by atoms with Gasteiger partial charge in [-0.3, -0.25) is 0 Å². The van der Waals surface area contributed by atoms with E-state index in [2.05, 4.69) is 30.3 Å². The van der Waals surface area contributed by atoms with Gasteiger partial charge in [0.1, 0.15) is 0 Å². The topological polar surface area (TPSA) is 11.3 Å². The Labute approximate surface area is 128 Å². The highest BCUT2D eigenvalue weighted by molar-refractivity contribution is 6.32. The molecule has 0 spiro atoms. The van der Waals surface area contributed by atoms with Crippen LogP contribution in [0.4, 0.5) is 0 Å². The van der Waals surface area contributed by atoms with E-state index in [-0.39, 0.29) is 0 Å². The molecule has 1 unspecified atom stereocenters. The maximum absolute atomic E-state index is 6.85. The zero-order chi connectivity index (χ0) is 14.3. The first-order chi connectivity index (χ1) is 10.3. The second-order valence-electron chi connectivity index (χ2n) is 5.40. The maximum atomic E-state index is 6.85. The number of aldehydes is 1. The molecule has 3 aromatic carbocycles. The van der Waals surface area contributed by atoms with E-state index in [0.29, 0.717) is 0 Å².